The van der Waals surface area contributed by atoms with Crippen LogP contribution in [0.1, 0.15) is 27.2 Å². The average molecular weight is 417 g/mol. The highest BCUT2D eigenvalue weighted by Gasteiger charge is 2.25. The molecule has 6 nitrogen and oxygen atoms in total. The van der Waals surface area contributed by atoms with E-state index in [1.54, 1.807) is 13.3 Å². The summed E-state index contributed by atoms with van der Waals surface area (Å²) in [7, 11) is 1.64. The predicted octanol–water partition coefficient (Wildman–Crippen LogP) is 4.04. The Bertz CT molecular complexity index is 1090. The van der Waals surface area contributed by atoms with Crippen LogP contribution in [0.5, 0.6) is 5.75 Å². The summed E-state index contributed by atoms with van der Waals surface area (Å²) in [6, 6.07) is 14.0. The molecule has 4 rings (SSSR count). The molecule has 0 N–H and O–H groups in total. The fourth-order valence-electron chi connectivity index (χ4n) is 3.96. The first-order chi connectivity index (χ1) is 15.0. The number of amides is 1. The molecule has 1 saturated heterocycles. The fraction of sp³-hybridized carbons (Fsp3) is 0.320. The van der Waals surface area contributed by atoms with Gasteiger partial charge in [-0.15, -0.1) is 0 Å². The number of carbonyl (C=O) groups excluding carboxylic acids is 1. The van der Waals surface area contributed by atoms with E-state index in [4.69, 9.17) is 4.74 Å². The van der Waals surface area contributed by atoms with E-state index in [-0.39, 0.29) is 5.91 Å². The zero-order chi connectivity index (χ0) is 22.0. The smallest absolute Gasteiger partial charge is 0.257 e. The Morgan fingerprint density at radius 1 is 0.968 bits per heavy atom. The number of methoxy groups -OCH3 is 1. The van der Waals surface area contributed by atoms with Crippen molar-refractivity contribution in [2.24, 2.45) is 0 Å². The molecule has 0 bridgehead atoms. The van der Waals surface area contributed by atoms with Gasteiger partial charge < -0.3 is 14.5 Å². The third-order valence-electron chi connectivity index (χ3n) is 6.04. The maximum atomic E-state index is 13.1. The van der Waals surface area contributed by atoms with Crippen LogP contribution in [0.2, 0.25) is 0 Å². The minimum absolute atomic E-state index is 0.000560. The maximum absolute atomic E-state index is 13.1. The van der Waals surface area contributed by atoms with Crippen LogP contribution in [0.15, 0.2) is 48.7 Å². The third-order valence-corrected chi connectivity index (χ3v) is 6.04. The second-order valence-electron chi connectivity index (χ2n) is 7.92. The number of anilines is 1. The van der Waals surface area contributed by atoms with Crippen molar-refractivity contribution in [3.8, 4) is 17.1 Å². The molecule has 0 aliphatic carbocycles. The van der Waals surface area contributed by atoms with Crippen molar-refractivity contribution in [2.45, 2.75) is 20.8 Å². The van der Waals surface area contributed by atoms with Crippen LogP contribution in [-0.4, -0.2) is 54.1 Å². The second-order valence-corrected chi connectivity index (χ2v) is 7.92. The van der Waals surface area contributed by atoms with E-state index in [1.165, 1.54) is 16.8 Å². The minimum Gasteiger partial charge on any atom is -0.497 e. The Hall–Kier alpha value is -3.41. The van der Waals surface area contributed by atoms with Crippen molar-refractivity contribution in [3.05, 3.63) is 71.0 Å². The normalized spacial score (nSPS) is 13.9. The van der Waals surface area contributed by atoms with Crippen molar-refractivity contribution in [3.63, 3.8) is 0 Å². The lowest BCUT2D eigenvalue weighted by Crippen LogP contribution is -2.49. The lowest BCUT2D eigenvalue weighted by Gasteiger charge is -2.37. The van der Waals surface area contributed by atoms with E-state index in [1.807, 2.05) is 36.1 Å². The molecule has 2 aromatic carbocycles. The summed E-state index contributed by atoms with van der Waals surface area (Å²) < 4.78 is 5.20. The summed E-state index contributed by atoms with van der Waals surface area (Å²) in [5.41, 5.74) is 6.02. The first kappa shape index (κ1) is 20.8. The molecular formula is C25H28N4O2. The number of piperazine rings is 1. The van der Waals surface area contributed by atoms with Gasteiger partial charge in [-0.2, -0.15) is 0 Å². The largest absolute Gasteiger partial charge is 0.497 e. The SMILES string of the molecule is COc1ccc(-c2ncc(C(=O)N3CCN(c4cccc(C)c4C)CC3)c(C)n2)cc1. The lowest BCUT2D eigenvalue weighted by atomic mass is 10.1. The van der Waals surface area contributed by atoms with Gasteiger partial charge in [0.25, 0.3) is 5.91 Å². The molecule has 31 heavy (non-hydrogen) atoms. The van der Waals surface area contributed by atoms with Gasteiger partial charge in [0.1, 0.15) is 5.75 Å². The van der Waals surface area contributed by atoms with E-state index in [0.29, 0.717) is 30.2 Å². The number of rotatable bonds is 4. The molecule has 2 heterocycles. The van der Waals surface area contributed by atoms with E-state index < -0.39 is 0 Å². The van der Waals surface area contributed by atoms with Crippen molar-refractivity contribution in [1.29, 1.82) is 0 Å². The summed E-state index contributed by atoms with van der Waals surface area (Å²) in [6.07, 6.45) is 1.65. The molecule has 0 spiro atoms. The maximum Gasteiger partial charge on any atom is 0.257 e. The second kappa shape index (κ2) is 8.76. The van der Waals surface area contributed by atoms with Crippen molar-refractivity contribution in [1.82, 2.24) is 14.9 Å². The topological polar surface area (TPSA) is 58.6 Å². The van der Waals surface area contributed by atoms with E-state index >= 15 is 0 Å². The highest BCUT2D eigenvalue weighted by Crippen LogP contribution is 2.25. The van der Waals surface area contributed by atoms with Crippen molar-refractivity contribution >= 4 is 11.6 Å². The fourth-order valence-corrected chi connectivity index (χ4v) is 3.96. The molecule has 0 saturated carbocycles. The van der Waals surface area contributed by atoms with Gasteiger partial charge in [-0.3, -0.25) is 4.79 Å². The standard InChI is InChI=1S/C25H28N4O2/c1-17-6-5-7-23(18(17)2)28-12-14-29(15-13-28)25(30)22-16-26-24(27-19(22)3)20-8-10-21(31-4)11-9-20/h5-11,16H,12-15H2,1-4H3. The molecular weight excluding hydrogens is 388 g/mol. The van der Waals surface area contributed by atoms with Crippen molar-refractivity contribution in [2.75, 3.05) is 38.2 Å². The zero-order valence-corrected chi connectivity index (χ0v) is 18.6. The van der Waals surface area contributed by atoms with Crippen LogP contribution in [0.4, 0.5) is 5.69 Å². The highest BCUT2D eigenvalue weighted by atomic mass is 16.5. The molecule has 1 aliphatic heterocycles. The predicted molar refractivity (Wildman–Crippen MR) is 123 cm³/mol. The molecule has 160 valence electrons. The Morgan fingerprint density at radius 3 is 2.32 bits per heavy atom. The van der Waals surface area contributed by atoms with Crippen LogP contribution in [-0.2, 0) is 0 Å². The molecule has 6 heteroatoms. The van der Waals surface area contributed by atoms with Gasteiger partial charge in [0.15, 0.2) is 5.82 Å². The molecule has 3 aromatic rings. The van der Waals surface area contributed by atoms with Crippen molar-refractivity contribution < 1.29 is 9.53 Å². The van der Waals surface area contributed by atoms with Crippen LogP contribution in [0, 0.1) is 20.8 Å². The van der Waals surface area contributed by atoms with Crippen LogP contribution >= 0.6 is 0 Å². The minimum atomic E-state index is -0.000560. The quantitative estimate of drug-likeness (QED) is 0.642. The lowest BCUT2D eigenvalue weighted by molar-refractivity contribution is 0.0745. The summed E-state index contributed by atoms with van der Waals surface area (Å²) in [5.74, 6) is 1.39. The first-order valence-electron chi connectivity index (χ1n) is 10.6. The Kier molecular flexibility index (Phi) is 5.89. The van der Waals surface area contributed by atoms with Gasteiger partial charge in [-0.05, 0) is 62.2 Å². The molecule has 1 aliphatic rings. The van der Waals surface area contributed by atoms with Gasteiger partial charge in [-0.1, -0.05) is 12.1 Å². The number of ether oxygens (including phenoxy) is 1. The van der Waals surface area contributed by atoms with E-state index in [0.717, 1.165) is 24.4 Å². The van der Waals surface area contributed by atoms with Gasteiger partial charge >= 0.3 is 0 Å². The summed E-state index contributed by atoms with van der Waals surface area (Å²) in [5, 5.41) is 0. The zero-order valence-electron chi connectivity index (χ0n) is 18.6. The summed E-state index contributed by atoms with van der Waals surface area (Å²) in [6.45, 7) is 9.18. The Labute approximate surface area is 183 Å². The first-order valence-corrected chi connectivity index (χ1v) is 10.6. The molecule has 0 unspecified atom stereocenters. The van der Waals surface area contributed by atoms with Gasteiger partial charge in [0.05, 0.1) is 18.4 Å². The van der Waals surface area contributed by atoms with Crippen LogP contribution in [0.3, 0.4) is 0 Å². The number of hydrogen-bond donors (Lipinski definition) is 0. The van der Waals surface area contributed by atoms with Gasteiger partial charge in [-0.25, -0.2) is 9.97 Å². The Balaban J connectivity index is 1.45. The molecule has 1 amide bonds. The number of hydrogen-bond acceptors (Lipinski definition) is 5. The summed E-state index contributed by atoms with van der Waals surface area (Å²) in [4.78, 5) is 26.4. The van der Waals surface area contributed by atoms with E-state index in [2.05, 4.69) is 46.9 Å². The number of carbonyl (C=O) groups is 1. The van der Waals surface area contributed by atoms with Crippen LogP contribution < -0.4 is 9.64 Å². The highest BCUT2D eigenvalue weighted by molar-refractivity contribution is 5.95. The van der Waals surface area contributed by atoms with Gasteiger partial charge in [0, 0.05) is 43.6 Å². The molecule has 1 fully saturated rings. The summed E-state index contributed by atoms with van der Waals surface area (Å²) >= 11 is 0. The number of nitrogens with zero attached hydrogens (tertiary/aromatic N) is 4. The Morgan fingerprint density at radius 2 is 1.68 bits per heavy atom. The third kappa shape index (κ3) is 4.24. The molecule has 0 radical (unpaired) electrons. The van der Waals surface area contributed by atoms with Gasteiger partial charge in [0.2, 0.25) is 0 Å². The number of aromatic nitrogens is 2. The number of benzene rings is 2. The monoisotopic (exact) mass is 416 g/mol. The molecule has 1 aromatic heterocycles. The van der Waals surface area contributed by atoms with E-state index in [9.17, 15) is 4.79 Å². The molecule has 0 atom stereocenters. The average Bonchev–Trinajstić information content (AvgIpc) is 2.80. The number of aryl methyl sites for hydroxylation is 2. The van der Waals surface area contributed by atoms with Crippen LogP contribution in [0.25, 0.3) is 11.4 Å².